The van der Waals surface area contributed by atoms with E-state index in [1.165, 1.54) is 6.61 Å². The summed E-state index contributed by atoms with van der Waals surface area (Å²) in [5, 5.41) is 0. The van der Waals surface area contributed by atoms with Gasteiger partial charge in [0.05, 0.1) is 0 Å². The van der Waals surface area contributed by atoms with Crippen LogP contribution < -0.4 is 51.4 Å². The Kier molecular flexibility index (Phi) is 20.4. The Balaban J connectivity index is -0.000000200. The van der Waals surface area contributed by atoms with Crippen LogP contribution in [0.2, 0.25) is 0 Å². The van der Waals surface area contributed by atoms with Gasteiger partial charge in [-0.15, -0.1) is 6.08 Å². The van der Waals surface area contributed by atoms with E-state index in [2.05, 4.69) is 18.2 Å². The Hall–Kier alpha value is 0.196. The minimum atomic E-state index is -0.368. The summed E-state index contributed by atoms with van der Waals surface area (Å²) in [5.74, 6) is -0.368. The van der Waals surface area contributed by atoms with Gasteiger partial charge in [0.25, 0.3) is 0 Å². The zero-order valence-corrected chi connectivity index (χ0v) is 14.2. The Morgan fingerprint density at radius 2 is 1.94 bits per heavy atom. The first-order chi connectivity index (χ1) is 6.99. The molecule has 0 atom stereocenters. The van der Waals surface area contributed by atoms with Crippen LogP contribution in [0.4, 0.5) is 0 Å². The third kappa shape index (κ3) is 16.6. The van der Waals surface area contributed by atoms with E-state index in [0.29, 0.717) is 5.57 Å². The molecular formula is C13H20KO2-. The van der Waals surface area contributed by atoms with E-state index >= 15 is 0 Å². The molecule has 0 aliphatic carbocycles. The van der Waals surface area contributed by atoms with Crippen LogP contribution >= 0.6 is 0 Å². The SMILES string of the molecule is C=C(C)C(=O)O[CH-]C.[CH2-]C(/C=C\C)=C/C.[K+]. The van der Waals surface area contributed by atoms with Crippen LogP contribution in [0.3, 0.4) is 0 Å². The number of hydrogen-bond acceptors (Lipinski definition) is 2. The first kappa shape index (κ1) is 21.5. The number of rotatable bonds is 3. The minimum Gasteiger partial charge on any atom is -0.634 e. The summed E-state index contributed by atoms with van der Waals surface area (Å²) in [6, 6.07) is 0. The molecule has 0 fully saturated rings. The molecule has 0 N–H and O–H groups in total. The summed E-state index contributed by atoms with van der Waals surface area (Å²) in [6.45, 7) is 15.6. The van der Waals surface area contributed by atoms with Crippen molar-refractivity contribution in [2.45, 2.75) is 27.7 Å². The van der Waals surface area contributed by atoms with E-state index < -0.39 is 0 Å². The van der Waals surface area contributed by atoms with Crippen molar-refractivity contribution in [3.05, 3.63) is 49.5 Å². The average molecular weight is 247 g/mol. The first-order valence-electron chi connectivity index (χ1n) is 4.74. The van der Waals surface area contributed by atoms with Crippen molar-refractivity contribution in [3.8, 4) is 0 Å². The molecule has 0 saturated carbocycles. The maximum atomic E-state index is 10.4. The van der Waals surface area contributed by atoms with Crippen LogP contribution in [0.25, 0.3) is 0 Å². The molecule has 0 bridgehead atoms. The van der Waals surface area contributed by atoms with Crippen molar-refractivity contribution in [1.29, 1.82) is 0 Å². The summed E-state index contributed by atoms with van der Waals surface area (Å²) in [6.07, 6.45) is 5.92. The molecule has 0 aliphatic rings. The van der Waals surface area contributed by atoms with Gasteiger partial charge in [0.15, 0.2) is 0 Å². The number of carbonyl (C=O) groups excluding carboxylic acids is 1. The molecule has 86 valence electrons. The topological polar surface area (TPSA) is 26.3 Å². The van der Waals surface area contributed by atoms with Crippen LogP contribution in [0, 0.1) is 13.5 Å². The van der Waals surface area contributed by atoms with Crippen LogP contribution in [0.5, 0.6) is 0 Å². The molecule has 0 saturated heterocycles. The van der Waals surface area contributed by atoms with Gasteiger partial charge in [-0.05, 0) is 6.92 Å². The summed E-state index contributed by atoms with van der Waals surface area (Å²) in [7, 11) is 0. The standard InChI is InChI=1S/C7H11.C6H9O2.K/c1-4-6-7(3)5-2;1-4-8-6(7)5(2)3;/h4-6H,3H2,1-2H3;4H,2H2,1,3H3;/q2*-1;+1/b6-4-,7-5-;;. The molecule has 3 heteroatoms. The molecule has 0 heterocycles. The quantitative estimate of drug-likeness (QED) is 0.240. The summed E-state index contributed by atoms with van der Waals surface area (Å²) in [4.78, 5) is 10.4. The van der Waals surface area contributed by atoms with E-state index in [-0.39, 0.29) is 57.4 Å². The largest absolute Gasteiger partial charge is 1.00 e. The van der Waals surface area contributed by atoms with Crippen LogP contribution in [0.15, 0.2) is 36.0 Å². The fraction of sp³-hybridized carbons (Fsp3) is 0.308. The van der Waals surface area contributed by atoms with Gasteiger partial charge in [-0.3, -0.25) is 0 Å². The van der Waals surface area contributed by atoms with E-state index in [1.807, 2.05) is 32.1 Å². The first-order valence-corrected chi connectivity index (χ1v) is 4.74. The number of hydrogen-bond donors (Lipinski definition) is 0. The second-order valence-electron chi connectivity index (χ2n) is 2.78. The minimum absolute atomic E-state index is 0. The fourth-order valence-electron chi connectivity index (χ4n) is 0.518. The summed E-state index contributed by atoms with van der Waals surface area (Å²) in [5.41, 5.74) is 1.49. The van der Waals surface area contributed by atoms with Gasteiger partial charge in [-0.1, -0.05) is 20.4 Å². The molecule has 0 aliphatic heterocycles. The third-order valence-corrected chi connectivity index (χ3v) is 1.32. The molecule has 0 aromatic carbocycles. The molecular weight excluding hydrogens is 227 g/mol. The molecule has 0 radical (unpaired) electrons. The van der Waals surface area contributed by atoms with Gasteiger partial charge >= 0.3 is 57.4 Å². The van der Waals surface area contributed by atoms with Crippen LogP contribution in [-0.4, -0.2) is 5.97 Å². The van der Waals surface area contributed by atoms with Gasteiger partial charge in [-0.25, -0.2) is 4.79 Å². The van der Waals surface area contributed by atoms with E-state index in [4.69, 9.17) is 0 Å². The second-order valence-corrected chi connectivity index (χ2v) is 2.78. The molecule has 0 aromatic heterocycles. The maximum absolute atomic E-state index is 10.4. The van der Waals surface area contributed by atoms with Crippen molar-refractivity contribution < 1.29 is 60.9 Å². The van der Waals surface area contributed by atoms with Gasteiger partial charge < -0.3 is 4.74 Å². The Morgan fingerprint density at radius 1 is 1.44 bits per heavy atom. The molecule has 2 nitrogen and oxygen atoms in total. The fourth-order valence-corrected chi connectivity index (χ4v) is 0.518. The zero-order valence-electron chi connectivity index (χ0n) is 11.0. The number of allylic oxidation sites excluding steroid dienone is 4. The number of esters is 1. The number of carbonyl (C=O) groups is 1. The Morgan fingerprint density at radius 3 is 2.06 bits per heavy atom. The van der Waals surface area contributed by atoms with Crippen molar-refractivity contribution >= 4 is 5.97 Å². The van der Waals surface area contributed by atoms with Gasteiger partial charge in [-0.2, -0.15) is 38.2 Å². The van der Waals surface area contributed by atoms with Crippen molar-refractivity contribution in [2.75, 3.05) is 0 Å². The molecule has 0 amide bonds. The average Bonchev–Trinajstić information content (AvgIpc) is 2.19. The second kappa shape index (κ2) is 15.2. The van der Waals surface area contributed by atoms with Crippen molar-refractivity contribution in [3.63, 3.8) is 0 Å². The van der Waals surface area contributed by atoms with Gasteiger partial charge in [0.1, 0.15) is 0 Å². The van der Waals surface area contributed by atoms with E-state index in [9.17, 15) is 4.79 Å². The van der Waals surface area contributed by atoms with Crippen LogP contribution in [-0.2, 0) is 9.53 Å². The Labute approximate surface area is 142 Å². The van der Waals surface area contributed by atoms with E-state index in [1.54, 1.807) is 13.8 Å². The van der Waals surface area contributed by atoms with Gasteiger partial charge in [0.2, 0.25) is 0 Å². The third-order valence-electron chi connectivity index (χ3n) is 1.32. The molecule has 0 unspecified atom stereocenters. The summed E-state index contributed by atoms with van der Waals surface area (Å²) >= 11 is 0. The van der Waals surface area contributed by atoms with Crippen LogP contribution in [0.1, 0.15) is 27.7 Å². The van der Waals surface area contributed by atoms with Gasteiger partial charge in [0, 0.05) is 5.57 Å². The van der Waals surface area contributed by atoms with Crippen molar-refractivity contribution in [2.24, 2.45) is 0 Å². The predicted molar refractivity (Wildman–Crippen MR) is 64.8 cm³/mol. The Bertz CT molecular complexity index is 253. The molecule has 0 aromatic rings. The summed E-state index contributed by atoms with van der Waals surface area (Å²) < 4.78 is 4.44. The molecule has 0 rings (SSSR count). The molecule has 0 spiro atoms. The number of ether oxygens (including phenoxy) is 1. The molecule has 16 heavy (non-hydrogen) atoms. The van der Waals surface area contributed by atoms with E-state index in [0.717, 1.165) is 5.57 Å². The normalized spacial score (nSPS) is 9.88. The smallest absolute Gasteiger partial charge is 0.634 e. The monoisotopic (exact) mass is 247 g/mol. The predicted octanol–water partition coefficient (Wildman–Crippen LogP) is 0.634. The maximum Gasteiger partial charge on any atom is 1.00 e. The zero-order chi connectivity index (χ0) is 12.3. The van der Waals surface area contributed by atoms with Crippen molar-refractivity contribution in [1.82, 2.24) is 0 Å².